The van der Waals surface area contributed by atoms with Crippen molar-refractivity contribution in [2.24, 2.45) is 0 Å². The van der Waals surface area contributed by atoms with Crippen LogP contribution in [-0.2, 0) is 0 Å². The molecule has 3 aromatic rings. The first-order chi connectivity index (χ1) is 9.72. The molecule has 2 N–H and O–H groups in total. The molecule has 1 heterocycles. The van der Waals surface area contributed by atoms with Crippen molar-refractivity contribution in [3.63, 3.8) is 0 Å². The maximum absolute atomic E-state index is 10.6. The Morgan fingerprint density at radius 2 is 1.80 bits per heavy atom. The first kappa shape index (κ1) is 12.2. The van der Waals surface area contributed by atoms with Gasteiger partial charge < -0.3 is 5.11 Å². The summed E-state index contributed by atoms with van der Waals surface area (Å²) < 4.78 is 0. The summed E-state index contributed by atoms with van der Waals surface area (Å²) in [6, 6.07) is 19.1. The average molecular weight is 264 g/mol. The number of amides is 1. The molecule has 0 bridgehead atoms. The Kier molecular flexibility index (Phi) is 3.05. The highest BCUT2D eigenvalue weighted by Crippen LogP contribution is 2.23. The zero-order valence-electron chi connectivity index (χ0n) is 10.6. The number of hydrogen-bond donors (Lipinski definition) is 2. The van der Waals surface area contributed by atoms with Crippen LogP contribution in [0.3, 0.4) is 0 Å². The summed E-state index contributed by atoms with van der Waals surface area (Å²) in [5.41, 5.74) is 3.33. The number of nitrogens with one attached hydrogen (secondary N) is 1. The van der Waals surface area contributed by atoms with Crippen LogP contribution in [0, 0.1) is 0 Å². The first-order valence-corrected chi connectivity index (χ1v) is 6.18. The molecule has 0 fully saturated rings. The highest BCUT2D eigenvalue weighted by Gasteiger charge is 2.03. The standard InChI is InChI=1S/C16H12N2O2/c19-16(20)17-13-7-9-15-12(10-13)6-8-14(18-15)11-4-2-1-3-5-11/h1-10,17H,(H,19,20). The van der Waals surface area contributed by atoms with E-state index in [1.807, 2.05) is 48.5 Å². The topological polar surface area (TPSA) is 62.2 Å². The number of hydrogen-bond acceptors (Lipinski definition) is 2. The number of nitrogens with zero attached hydrogens (tertiary/aromatic N) is 1. The number of carbonyl (C=O) groups is 1. The van der Waals surface area contributed by atoms with Gasteiger partial charge in [-0.05, 0) is 24.3 Å². The van der Waals surface area contributed by atoms with Gasteiger partial charge in [0.1, 0.15) is 0 Å². The molecule has 0 aliphatic carbocycles. The van der Waals surface area contributed by atoms with Crippen LogP contribution < -0.4 is 5.32 Å². The van der Waals surface area contributed by atoms with Gasteiger partial charge in [-0.1, -0.05) is 36.4 Å². The van der Waals surface area contributed by atoms with Crippen molar-refractivity contribution in [1.82, 2.24) is 4.98 Å². The van der Waals surface area contributed by atoms with Crippen LogP contribution in [0.25, 0.3) is 22.2 Å². The lowest BCUT2D eigenvalue weighted by atomic mass is 10.1. The van der Waals surface area contributed by atoms with Crippen LogP contribution >= 0.6 is 0 Å². The van der Waals surface area contributed by atoms with Crippen LogP contribution in [-0.4, -0.2) is 16.2 Å². The molecule has 0 saturated heterocycles. The molecule has 3 rings (SSSR count). The molecule has 2 aromatic carbocycles. The second-order valence-electron chi connectivity index (χ2n) is 4.40. The number of carboxylic acid groups (broad SMARTS) is 1. The van der Waals surface area contributed by atoms with E-state index in [9.17, 15) is 4.79 Å². The average Bonchev–Trinajstić information content (AvgIpc) is 2.47. The smallest absolute Gasteiger partial charge is 0.409 e. The predicted molar refractivity (Wildman–Crippen MR) is 78.8 cm³/mol. The van der Waals surface area contributed by atoms with E-state index in [0.717, 1.165) is 22.2 Å². The van der Waals surface area contributed by atoms with Crippen LogP contribution in [0.15, 0.2) is 60.7 Å². The third kappa shape index (κ3) is 2.44. The van der Waals surface area contributed by atoms with Gasteiger partial charge in [0.2, 0.25) is 0 Å². The minimum Gasteiger partial charge on any atom is -0.465 e. The van der Waals surface area contributed by atoms with Crippen molar-refractivity contribution in [2.75, 3.05) is 5.32 Å². The summed E-state index contributed by atoms with van der Waals surface area (Å²) in [6.45, 7) is 0. The number of pyridine rings is 1. The lowest BCUT2D eigenvalue weighted by molar-refractivity contribution is 0.210. The Labute approximate surface area is 115 Å². The summed E-state index contributed by atoms with van der Waals surface area (Å²) in [5, 5.41) is 11.9. The maximum atomic E-state index is 10.6. The van der Waals surface area contributed by atoms with Gasteiger partial charge in [-0.2, -0.15) is 0 Å². The van der Waals surface area contributed by atoms with Crippen molar-refractivity contribution < 1.29 is 9.90 Å². The molecule has 98 valence electrons. The monoisotopic (exact) mass is 264 g/mol. The Morgan fingerprint density at radius 1 is 1.00 bits per heavy atom. The first-order valence-electron chi connectivity index (χ1n) is 6.18. The normalized spacial score (nSPS) is 10.4. The predicted octanol–water partition coefficient (Wildman–Crippen LogP) is 3.99. The van der Waals surface area contributed by atoms with E-state index in [4.69, 9.17) is 5.11 Å². The molecule has 0 radical (unpaired) electrons. The van der Waals surface area contributed by atoms with Crippen molar-refractivity contribution >= 4 is 22.7 Å². The summed E-state index contributed by atoms with van der Waals surface area (Å²) in [7, 11) is 0. The summed E-state index contributed by atoms with van der Waals surface area (Å²) in [4.78, 5) is 15.2. The molecule has 0 atom stereocenters. The van der Waals surface area contributed by atoms with Crippen LogP contribution in [0.5, 0.6) is 0 Å². The number of anilines is 1. The highest BCUT2D eigenvalue weighted by atomic mass is 16.4. The molecule has 0 spiro atoms. The molecule has 20 heavy (non-hydrogen) atoms. The molecule has 1 aromatic heterocycles. The molecule has 0 aliphatic rings. The van der Waals surface area contributed by atoms with Crippen molar-refractivity contribution in [2.45, 2.75) is 0 Å². The molecule has 0 unspecified atom stereocenters. The van der Waals surface area contributed by atoms with E-state index in [0.29, 0.717) is 5.69 Å². The van der Waals surface area contributed by atoms with Crippen molar-refractivity contribution in [1.29, 1.82) is 0 Å². The number of benzene rings is 2. The molecule has 4 nitrogen and oxygen atoms in total. The summed E-state index contributed by atoms with van der Waals surface area (Å²) in [5.74, 6) is 0. The van der Waals surface area contributed by atoms with E-state index < -0.39 is 6.09 Å². The SMILES string of the molecule is O=C(O)Nc1ccc2nc(-c3ccccc3)ccc2c1. The van der Waals surface area contributed by atoms with E-state index in [1.54, 1.807) is 12.1 Å². The minimum absolute atomic E-state index is 0.541. The van der Waals surface area contributed by atoms with Gasteiger partial charge in [0.25, 0.3) is 0 Å². The number of rotatable bonds is 2. The lowest BCUT2D eigenvalue weighted by Crippen LogP contribution is -2.06. The minimum atomic E-state index is -1.07. The fourth-order valence-corrected chi connectivity index (χ4v) is 2.10. The van der Waals surface area contributed by atoms with Gasteiger partial charge >= 0.3 is 6.09 Å². The fourth-order valence-electron chi connectivity index (χ4n) is 2.10. The summed E-state index contributed by atoms with van der Waals surface area (Å²) in [6.07, 6.45) is -1.07. The second kappa shape index (κ2) is 5.01. The zero-order valence-corrected chi connectivity index (χ0v) is 10.6. The Bertz CT molecular complexity index is 770. The maximum Gasteiger partial charge on any atom is 0.409 e. The molecular weight excluding hydrogens is 252 g/mol. The largest absolute Gasteiger partial charge is 0.465 e. The van der Waals surface area contributed by atoms with Crippen molar-refractivity contribution in [3.05, 3.63) is 60.7 Å². The third-order valence-electron chi connectivity index (χ3n) is 3.01. The Hall–Kier alpha value is -2.88. The molecular formula is C16H12N2O2. The van der Waals surface area contributed by atoms with Gasteiger partial charge in [-0.25, -0.2) is 9.78 Å². The van der Waals surface area contributed by atoms with Gasteiger partial charge in [0.05, 0.1) is 11.2 Å². The molecule has 1 amide bonds. The van der Waals surface area contributed by atoms with Gasteiger partial charge in [-0.15, -0.1) is 0 Å². The molecule has 0 aliphatic heterocycles. The van der Waals surface area contributed by atoms with Gasteiger partial charge in [0, 0.05) is 16.6 Å². The quantitative estimate of drug-likeness (QED) is 0.735. The van der Waals surface area contributed by atoms with E-state index in [1.165, 1.54) is 0 Å². The van der Waals surface area contributed by atoms with Crippen LogP contribution in [0.4, 0.5) is 10.5 Å². The van der Waals surface area contributed by atoms with E-state index in [-0.39, 0.29) is 0 Å². The third-order valence-corrected chi connectivity index (χ3v) is 3.01. The van der Waals surface area contributed by atoms with Crippen molar-refractivity contribution in [3.8, 4) is 11.3 Å². The molecule has 0 saturated carbocycles. The summed E-state index contributed by atoms with van der Waals surface area (Å²) >= 11 is 0. The lowest BCUT2D eigenvalue weighted by Gasteiger charge is -2.05. The van der Waals surface area contributed by atoms with Gasteiger partial charge in [-0.3, -0.25) is 5.32 Å². The Morgan fingerprint density at radius 3 is 2.55 bits per heavy atom. The highest BCUT2D eigenvalue weighted by molar-refractivity contribution is 5.89. The fraction of sp³-hybridized carbons (Fsp3) is 0. The van der Waals surface area contributed by atoms with E-state index >= 15 is 0 Å². The number of fused-ring (bicyclic) bond motifs is 1. The Balaban J connectivity index is 2.03. The number of aromatic nitrogens is 1. The molecule has 4 heteroatoms. The second-order valence-corrected chi connectivity index (χ2v) is 4.40. The van der Waals surface area contributed by atoms with Crippen LogP contribution in [0.1, 0.15) is 0 Å². The zero-order chi connectivity index (χ0) is 13.9. The van der Waals surface area contributed by atoms with E-state index in [2.05, 4.69) is 10.3 Å². The van der Waals surface area contributed by atoms with Crippen LogP contribution in [0.2, 0.25) is 0 Å². The van der Waals surface area contributed by atoms with Gasteiger partial charge in [0.15, 0.2) is 0 Å².